The van der Waals surface area contributed by atoms with Crippen molar-refractivity contribution in [2.45, 2.75) is 50.2 Å². The van der Waals surface area contributed by atoms with Gasteiger partial charge in [0.25, 0.3) is 5.91 Å². The van der Waals surface area contributed by atoms with Crippen molar-refractivity contribution in [3.8, 4) is 5.75 Å². The summed E-state index contributed by atoms with van der Waals surface area (Å²) >= 11 is 0. The van der Waals surface area contributed by atoms with E-state index in [-0.39, 0.29) is 11.9 Å². The second-order valence-electron chi connectivity index (χ2n) is 6.98. The molecular formula is C19H28N2O3. The van der Waals surface area contributed by atoms with Crippen molar-refractivity contribution < 1.29 is 14.6 Å². The maximum atomic E-state index is 12.3. The Bertz CT molecular complexity index is 548. The van der Waals surface area contributed by atoms with Gasteiger partial charge in [0.15, 0.2) is 0 Å². The van der Waals surface area contributed by atoms with E-state index in [1.54, 1.807) is 7.11 Å². The number of carbonyl (C=O) groups excluding carboxylic acids is 1. The fourth-order valence-corrected chi connectivity index (χ4v) is 3.61. The molecule has 1 saturated carbocycles. The Morgan fingerprint density at radius 1 is 1.21 bits per heavy atom. The van der Waals surface area contributed by atoms with Gasteiger partial charge in [0.2, 0.25) is 0 Å². The molecule has 1 heterocycles. The van der Waals surface area contributed by atoms with E-state index in [4.69, 9.17) is 4.74 Å². The zero-order valence-electron chi connectivity index (χ0n) is 14.5. The topological polar surface area (TPSA) is 61.8 Å². The lowest BCUT2D eigenvalue weighted by molar-refractivity contribution is -0.148. The number of amides is 1. The van der Waals surface area contributed by atoms with Crippen molar-refractivity contribution in [2.75, 3.05) is 26.7 Å². The van der Waals surface area contributed by atoms with Gasteiger partial charge in [-0.25, -0.2) is 0 Å². The van der Waals surface area contributed by atoms with E-state index in [1.807, 2.05) is 12.1 Å². The van der Waals surface area contributed by atoms with Crippen LogP contribution in [0.3, 0.4) is 0 Å². The second kappa shape index (κ2) is 7.53. The number of likely N-dealkylation sites (tertiary alicyclic amines) is 1. The minimum absolute atomic E-state index is 0.142. The van der Waals surface area contributed by atoms with Gasteiger partial charge in [-0.3, -0.25) is 9.69 Å². The number of rotatable bonds is 6. The molecule has 3 rings (SSSR count). The molecule has 132 valence electrons. The zero-order chi connectivity index (χ0) is 17.0. The first-order valence-corrected chi connectivity index (χ1v) is 9.01. The van der Waals surface area contributed by atoms with Crippen LogP contribution in [0.1, 0.15) is 50.1 Å². The fraction of sp³-hybridized carbons (Fsp3) is 0.632. The average molecular weight is 332 g/mol. The summed E-state index contributed by atoms with van der Waals surface area (Å²) in [4.78, 5) is 14.7. The molecule has 2 N–H and O–H groups in total. The molecule has 5 heteroatoms. The van der Waals surface area contributed by atoms with E-state index >= 15 is 0 Å². The standard InChI is InChI=1S/C19H28N2O3/c1-24-16-8-6-15(7-9-16)17(21-12-3-2-4-13-21)14-20-18(22)19(23)10-5-11-19/h6-9,17,23H,2-5,10-14H2,1H3,(H,20,22)/t17-/m0/s1. The van der Waals surface area contributed by atoms with Crippen molar-refractivity contribution in [3.05, 3.63) is 29.8 Å². The number of nitrogens with zero attached hydrogens (tertiary/aromatic N) is 1. The lowest BCUT2D eigenvalue weighted by Crippen LogP contribution is -2.53. The third kappa shape index (κ3) is 3.73. The largest absolute Gasteiger partial charge is 0.497 e. The van der Waals surface area contributed by atoms with Gasteiger partial charge in [-0.2, -0.15) is 0 Å². The molecule has 1 aromatic carbocycles. The lowest BCUT2D eigenvalue weighted by atomic mass is 9.79. The Morgan fingerprint density at radius 3 is 2.42 bits per heavy atom. The highest BCUT2D eigenvalue weighted by molar-refractivity contribution is 5.85. The van der Waals surface area contributed by atoms with Gasteiger partial charge in [-0.15, -0.1) is 0 Å². The van der Waals surface area contributed by atoms with Gasteiger partial charge in [0.1, 0.15) is 11.4 Å². The summed E-state index contributed by atoms with van der Waals surface area (Å²) in [6.07, 6.45) is 5.76. The molecule has 0 radical (unpaired) electrons. The summed E-state index contributed by atoms with van der Waals surface area (Å²) in [7, 11) is 1.66. The number of benzene rings is 1. The van der Waals surface area contributed by atoms with Crippen molar-refractivity contribution in [3.63, 3.8) is 0 Å². The van der Waals surface area contributed by atoms with E-state index in [2.05, 4.69) is 22.3 Å². The van der Waals surface area contributed by atoms with Crippen LogP contribution in [-0.4, -0.2) is 48.3 Å². The minimum Gasteiger partial charge on any atom is -0.497 e. The highest BCUT2D eigenvalue weighted by Crippen LogP contribution is 2.32. The SMILES string of the molecule is COc1ccc([C@H](CNC(=O)C2(O)CCC2)N2CCCCC2)cc1. The molecule has 1 saturated heterocycles. The van der Waals surface area contributed by atoms with Crippen LogP contribution in [0.5, 0.6) is 5.75 Å². The van der Waals surface area contributed by atoms with Crippen molar-refractivity contribution in [1.29, 1.82) is 0 Å². The number of nitrogens with one attached hydrogen (secondary N) is 1. The Morgan fingerprint density at radius 2 is 1.88 bits per heavy atom. The molecular weight excluding hydrogens is 304 g/mol. The summed E-state index contributed by atoms with van der Waals surface area (Å²) in [6, 6.07) is 8.22. The quantitative estimate of drug-likeness (QED) is 0.839. The molecule has 1 aliphatic heterocycles. The first kappa shape index (κ1) is 17.2. The monoisotopic (exact) mass is 332 g/mol. The smallest absolute Gasteiger partial charge is 0.252 e. The summed E-state index contributed by atoms with van der Waals surface area (Å²) in [6.45, 7) is 2.64. The number of hydrogen-bond acceptors (Lipinski definition) is 4. The maximum Gasteiger partial charge on any atom is 0.252 e. The molecule has 2 fully saturated rings. The predicted octanol–water partition coefficient (Wildman–Crippen LogP) is 2.25. The van der Waals surface area contributed by atoms with E-state index in [9.17, 15) is 9.90 Å². The van der Waals surface area contributed by atoms with E-state index in [0.29, 0.717) is 19.4 Å². The first-order valence-electron chi connectivity index (χ1n) is 9.01. The van der Waals surface area contributed by atoms with Gasteiger partial charge in [-0.1, -0.05) is 18.6 Å². The highest BCUT2D eigenvalue weighted by atomic mass is 16.5. The number of hydrogen-bond donors (Lipinski definition) is 2. The van der Waals surface area contributed by atoms with Gasteiger partial charge >= 0.3 is 0 Å². The Hall–Kier alpha value is -1.59. The van der Waals surface area contributed by atoms with Gasteiger partial charge in [0.05, 0.1) is 13.2 Å². The Kier molecular flexibility index (Phi) is 5.41. The first-order chi connectivity index (χ1) is 11.6. The van der Waals surface area contributed by atoms with Crippen LogP contribution in [0.2, 0.25) is 0 Å². The molecule has 0 spiro atoms. The predicted molar refractivity (Wildman–Crippen MR) is 93.0 cm³/mol. The third-order valence-corrected chi connectivity index (χ3v) is 5.39. The second-order valence-corrected chi connectivity index (χ2v) is 6.98. The molecule has 0 bridgehead atoms. The third-order valence-electron chi connectivity index (χ3n) is 5.39. The molecule has 2 aliphatic rings. The van der Waals surface area contributed by atoms with Crippen LogP contribution in [-0.2, 0) is 4.79 Å². The van der Waals surface area contributed by atoms with Gasteiger partial charge < -0.3 is 15.2 Å². The summed E-state index contributed by atoms with van der Waals surface area (Å²) in [5.74, 6) is 0.619. The molecule has 1 aromatic rings. The van der Waals surface area contributed by atoms with Crippen molar-refractivity contribution >= 4 is 5.91 Å². The van der Waals surface area contributed by atoms with E-state index in [0.717, 1.165) is 25.3 Å². The molecule has 1 aliphatic carbocycles. The van der Waals surface area contributed by atoms with Crippen LogP contribution in [0.4, 0.5) is 0 Å². The van der Waals surface area contributed by atoms with E-state index < -0.39 is 5.60 Å². The normalized spacial score (nSPS) is 21.6. The van der Waals surface area contributed by atoms with Crippen LogP contribution in [0, 0.1) is 0 Å². The summed E-state index contributed by atoms with van der Waals surface area (Å²) in [5, 5.41) is 13.2. The lowest BCUT2D eigenvalue weighted by Gasteiger charge is -2.38. The summed E-state index contributed by atoms with van der Waals surface area (Å²) < 4.78 is 5.24. The molecule has 1 amide bonds. The molecule has 24 heavy (non-hydrogen) atoms. The van der Waals surface area contributed by atoms with E-state index in [1.165, 1.54) is 24.8 Å². The molecule has 5 nitrogen and oxygen atoms in total. The summed E-state index contributed by atoms with van der Waals surface area (Å²) in [5.41, 5.74) is 0.0467. The number of piperidine rings is 1. The van der Waals surface area contributed by atoms with Crippen LogP contribution in [0.15, 0.2) is 24.3 Å². The number of ether oxygens (including phenoxy) is 1. The zero-order valence-corrected chi connectivity index (χ0v) is 14.5. The number of methoxy groups -OCH3 is 1. The van der Waals surface area contributed by atoms with Crippen LogP contribution >= 0.6 is 0 Å². The molecule has 0 unspecified atom stereocenters. The molecule has 0 aromatic heterocycles. The Labute approximate surface area is 144 Å². The van der Waals surface area contributed by atoms with Gasteiger partial charge in [-0.05, 0) is 62.9 Å². The average Bonchev–Trinajstić information content (AvgIpc) is 2.61. The fourth-order valence-electron chi connectivity index (χ4n) is 3.61. The highest BCUT2D eigenvalue weighted by Gasteiger charge is 2.42. The minimum atomic E-state index is -1.13. The van der Waals surface area contributed by atoms with Crippen molar-refractivity contribution in [1.82, 2.24) is 10.2 Å². The van der Waals surface area contributed by atoms with Crippen LogP contribution in [0.25, 0.3) is 0 Å². The van der Waals surface area contributed by atoms with Crippen molar-refractivity contribution in [2.24, 2.45) is 0 Å². The van der Waals surface area contributed by atoms with Crippen LogP contribution < -0.4 is 10.1 Å². The number of aliphatic hydroxyl groups is 1. The Balaban J connectivity index is 1.70. The van der Waals surface area contributed by atoms with Gasteiger partial charge in [0, 0.05) is 6.54 Å². The maximum absolute atomic E-state index is 12.3. The number of carbonyl (C=O) groups is 1. The molecule has 1 atom stereocenters.